The highest BCUT2D eigenvalue weighted by atomic mass is 35.5. The molecule has 0 unspecified atom stereocenters. The first-order chi connectivity index (χ1) is 12.0. The number of thiophene rings is 1. The van der Waals surface area contributed by atoms with Gasteiger partial charge in [0.15, 0.2) is 0 Å². The van der Waals surface area contributed by atoms with Crippen LogP contribution in [-0.2, 0) is 0 Å². The van der Waals surface area contributed by atoms with Crippen LogP contribution in [0.5, 0.6) is 0 Å². The summed E-state index contributed by atoms with van der Waals surface area (Å²) in [6.07, 6.45) is 2.99. The SMILES string of the molecule is Cc1cc(C)c2c(n1)sc1c(=O)n(/N=C/c3ccccc3Cl)cnc12. The average Bonchev–Trinajstić information content (AvgIpc) is 2.95. The Morgan fingerprint density at radius 3 is 2.88 bits per heavy atom. The Morgan fingerprint density at radius 2 is 2.08 bits per heavy atom. The van der Waals surface area contributed by atoms with Crippen LogP contribution in [0, 0.1) is 13.8 Å². The molecule has 0 fully saturated rings. The van der Waals surface area contributed by atoms with Gasteiger partial charge in [0.25, 0.3) is 5.56 Å². The normalized spacial score (nSPS) is 11.8. The van der Waals surface area contributed by atoms with Crippen molar-refractivity contribution < 1.29 is 0 Å². The second kappa shape index (κ2) is 6.06. The molecule has 0 aliphatic carbocycles. The molecule has 0 radical (unpaired) electrons. The highest BCUT2D eigenvalue weighted by Gasteiger charge is 2.14. The number of halogens is 1. The minimum absolute atomic E-state index is 0.214. The largest absolute Gasteiger partial charge is 0.291 e. The Bertz CT molecular complexity index is 1210. The molecule has 0 saturated heterocycles. The summed E-state index contributed by atoms with van der Waals surface area (Å²) in [6.45, 7) is 3.95. The fraction of sp³-hybridized carbons (Fsp3) is 0.111. The van der Waals surface area contributed by atoms with E-state index < -0.39 is 0 Å². The lowest BCUT2D eigenvalue weighted by Gasteiger charge is -2.00. The predicted molar refractivity (Wildman–Crippen MR) is 103 cm³/mol. The third-order valence-electron chi connectivity index (χ3n) is 3.89. The van der Waals surface area contributed by atoms with Crippen molar-refractivity contribution in [3.05, 3.63) is 68.9 Å². The number of aromatic nitrogens is 3. The van der Waals surface area contributed by atoms with Crippen LogP contribution in [0.3, 0.4) is 0 Å². The van der Waals surface area contributed by atoms with Gasteiger partial charge in [-0.25, -0.2) is 9.97 Å². The van der Waals surface area contributed by atoms with E-state index in [1.165, 1.54) is 22.3 Å². The van der Waals surface area contributed by atoms with Crippen LogP contribution in [0.15, 0.2) is 46.6 Å². The van der Waals surface area contributed by atoms with Gasteiger partial charge in [-0.1, -0.05) is 29.8 Å². The highest BCUT2D eigenvalue weighted by Crippen LogP contribution is 2.31. The molecule has 5 nitrogen and oxygen atoms in total. The van der Waals surface area contributed by atoms with Gasteiger partial charge < -0.3 is 0 Å². The smallest absolute Gasteiger partial charge is 0.266 e. The minimum atomic E-state index is -0.214. The van der Waals surface area contributed by atoms with Crippen LogP contribution in [0.25, 0.3) is 20.4 Å². The Labute approximate surface area is 152 Å². The Kier molecular flexibility index (Phi) is 3.86. The van der Waals surface area contributed by atoms with Crippen molar-refractivity contribution in [1.29, 1.82) is 0 Å². The third kappa shape index (κ3) is 2.73. The number of hydrogen-bond acceptors (Lipinski definition) is 5. The number of benzene rings is 1. The molecule has 0 atom stereocenters. The zero-order valence-electron chi connectivity index (χ0n) is 13.5. The van der Waals surface area contributed by atoms with E-state index in [0.29, 0.717) is 15.2 Å². The van der Waals surface area contributed by atoms with Gasteiger partial charge in [-0.2, -0.15) is 9.78 Å². The van der Waals surface area contributed by atoms with Crippen LogP contribution in [0.4, 0.5) is 0 Å². The molecule has 1 aromatic carbocycles. The van der Waals surface area contributed by atoms with E-state index in [1.807, 2.05) is 38.1 Å². The van der Waals surface area contributed by atoms with Crippen LogP contribution in [-0.4, -0.2) is 20.9 Å². The summed E-state index contributed by atoms with van der Waals surface area (Å²) < 4.78 is 1.78. The second-order valence-electron chi connectivity index (χ2n) is 5.70. The van der Waals surface area contributed by atoms with Crippen LogP contribution in [0.1, 0.15) is 16.8 Å². The Hall–Kier alpha value is -2.57. The van der Waals surface area contributed by atoms with Crippen LogP contribution in [0.2, 0.25) is 5.02 Å². The molecule has 0 N–H and O–H groups in total. The molecule has 0 spiro atoms. The molecular formula is C18H13ClN4OS. The van der Waals surface area contributed by atoms with E-state index >= 15 is 0 Å². The van der Waals surface area contributed by atoms with Gasteiger partial charge in [0.1, 0.15) is 15.9 Å². The van der Waals surface area contributed by atoms with E-state index in [0.717, 1.165) is 27.0 Å². The summed E-state index contributed by atoms with van der Waals surface area (Å²) in [5.74, 6) is 0. The molecule has 7 heteroatoms. The molecule has 3 heterocycles. The summed E-state index contributed by atoms with van der Waals surface area (Å²) in [6, 6.07) is 9.31. The molecule has 0 bridgehead atoms. The molecule has 25 heavy (non-hydrogen) atoms. The number of nitrogens with zero attached hydrogens (tertiary/aromatic N) is 4. The number of hydrogen-bond donors (Lipinski definition) is 0. The first-order valence-electron chi connectivity index (χ1n) is 7.61. The van der Waals surface area contributed by atoms with Crippen molar-refractivity contribution >= 4 is 49.6 Å². The van der Waals surface area contributed by atoms with E-state index in [1.54, 1.807) is 12.3 Å². The summed E-state index contributed by atoms with van der Waals surface area (Å²) in [5.41, 5.74) is 3.19. The molecule has 124 valence electrons. The van der Waals surface area contributed by atoms with E-state index in [2.05, 4.69) is 15.1 Å². The molecule has 4 aromatic rings. The van der Waals surface area contributed by atoms with Gasteiger partial charge in [-0.3, -0.25) is 4.79 Å². The predicted octanol–water partition coefficient (Wildman–Crippen LogP) is 4.16. The second-order valence-corrected chi connectivity index (χ2v) is 7.11. The fourth-order valence-electron chi connectivity index (χ4n) is 2.75. The highest BCUT2D eigenvalue weighted by molar-refractivity contribution is 7.25. The van der Waals surface area contributed by atoms with Crippen LogP contribution >= 0.6 is 22.9 Å². The monoisotopic (exact) mass is 368 g/mol. The first kappa shape index (κ1) is 15.9. The average molecular weight is 369 g/mol. The number of pyridine rings is 1. The van der Waals surface area contributed by atoms with Gasteiger partial charge in [0.2, 0.25) is 0 Å². The first-order valence-corrected chi connectivity index (χ1v) is 8.81. The fourth-order valence-corrected chi connectivity index (χ4v) is 4.11. The third-order valence-corrected chi connectivity index (χ3v) is 5.29. The lowest BCUT2D eigenvalue weighted by atomic mass is 10.1. The molecular weight excluding hydrogens is 356 g/mol. The van der Waals surface area contributed by atoms with Gasteiger partial charge in [0, 0.05) is 21.7 Å². The van der Waals surface area contributed by atoms with Gasteiger partial charge in [0.05, 0.1) is 11.7 Å². The molecule has 0 saturated carbocycles. The molecule has 3 aromatic heterocycles. The minimum Gasteiger partial charge on any atom is -0.266 e. The van der Waals surface area contributed by atoms with Crippen LogP contribution < -0.4 is 5.56 Å². The maximum atomic E-state index is 12.8. The van der Waals surface area contributed by atoms with Crippen molar-refractivity contribution in [2.75, 3.05) is 0 Å². The molecule has 0 aliphatic rings. The van der Waals surface area contributed by atoms with Crippen molar-refractivity contribution in [2.24, 2.45) is 5.10 Å². The Balaban J connectivity index is 1.89. The maximum Gasteiger partial charge on any atom is 0.291 e. The van der Waals surface area contributed by atoms with Gasteiger partial charge in [-0.05, 0) is 31.5 Å². The topological polar surface area (TPSA) is 60.1 Å². The van der Waals surface area contributed by atoms with Gasteiger partial charge >= 0.3 is 0 Å². The lowest BCUT2D eigenvalue weighted by Crippen LogP contribution is -2.15. The van der Waals surface area contributed by atoms with Crippen molar-refractivity contribution in [3.63, 3.8) is 0 Å². The molecule has 0 amide bonds. The summed E-state index contributed by atoms with van der Waals surface area (Å²) in [4.78, 5) is 22.5. The van der Waals surface area contributed by atoms with Crippen molar-refractivity contribution in [2.45, 2.75) is 13.8 Å². The van der Waals surface area contributed by atoms with Gasteiger partial charge in [-0.15, -0.1) is 11.3 Å². The maximum absolute atomic E-state index is 12.8. The van der Waals surface area contributed by atoms with E-state index in [9.17, 15) is 4.79 Å². The quantitative estimate of drug-likeness (QED) is 0.499. The zero-order valence-corrected chi connectivity index (χ0v) is 15.1. The lowest BCUT2D eigenvalue weighted by molar-refractivity contribution is 0.819. The zero-order chi connectivity index (χ0) is 17.6. The van der Waals surface area contributed by atoms with E-state index in [-0.39, 0.29) is 5.56 Å². The summed E-state index contributed by atoms with van der Waals surface area (Å²) in [5, 5.41) is 5.73. The number of aryl methyl sites for hydroxylation is 2. The summed E-state index contributed by atoms with van der Waals surface area (Å²) >= 11 is 7.46. The Morgan fingerprint density at radius 1 is 1.28 bits per heavy atom. The molecule has 0 aliphatic heterocycles. The van der Waals surface area contributed by atoms with E-state index in [4.69, 9.17) is 11.6 Å². The van der Waals surface area contributed by atoms with Crippen molar-refractivity contribution in [3.8, 4) is 0 Å². The molecule has 4 rings (SSSR count). The summed E-state index contributed by atoms with van der Waals surface area (Å²) in [7, 11) is 0. The van der Waals surface area contributed by atoms with Crippen molar-refractivity contribution in [1.82, 2.24) is 14.6 Å². The number of rotatable bonds is 2. The standard InChI is InChI=1S/C18H13ClN4OS/c1-10-7-11(2)22-17-14(10)15-16(25-17)18(24)23(9-20-15)21-8-12-5-3-4-6-13(12)19/h3-9H,1-2H3/b21-8+. The number of fused-ring (bicyclic) bond motifs is 3.